The van der Waals surface area contributed by atoms with E-state index in [0.29, 0.717) is 13.2 Å². The number of benzene rings is 1. The molecular formula is C17H23BrN2O3. The van der Waals surface area contributed by atoms with E-state index in [1.807, 2.05) is 38.1 Å². The standard InChI is InChI=1S/C17H23BrN2O3/c1-3-23-17(22)13-5-4-10-20(11-13)12(2)16(21)19-15-8-6-14(18)7-9-15/h6-9,12-13H,3-5,10-11H2,1-2H3,(H,19,21)/t12-,13-/m1/s1. The Bertz CT molecular complexity index is 547. The Morgan fingerprint density at radius 1 is 1.39 bits per heavy atom. The maximum atomic E-state index is 12.4. The Morgan fingerprint density at radius 3 is 2.74 bits per heavy atom. The summed E-state index contributed by atoms with van der Waals surface area (Å²) in [4.78, 5) is 26.4. The molecule has 1 amide bonds. The highest BCUT2D eigenvalue weighted by Gasteiger charge is 2.31. The van der Waals surface area contributed by atoms with E-state index in [9.17, 15) is 9.59 Å². The number of ether oxygens (including phenoxy) is 1. The monoisotopic (exact) mass is 382 g/mol. The van der Waals surface area contributed by atoms with Crippen LogP contribution in [0.3, 0.4) is 0 Å². The van der Waals surface area contributed by atoms with E-state index in [1.54, 1.807) is 0 Å². The van der Waals surface area contributed by atoms with Crippen molar-refractivity contribution in [3.05, 3.63) is 28.7 Å². The summed E-state index contributed by atoms with van der Waals surface area (Å²) < 4.78 is 6.08. The molecule has 1 aliphatic rings. The van der Waals surface area contributed by atoms with Crippen molar-refractivity contribution in [1.29, 1.82) is 0 Å². The highest BCUT2D eigenvalue weighted by Crippen LogP contribution is 2.21. The van der Waals surface area contributed by atoms with Gasteiger partial charge in [-0.25, -0.2) is 0 Å². The van der Waals surface area contributed by atoms with Crippen LogP contribution in [0.15, 0.2) is 28.7 Å². The summed E-state index contributed by atoms with van der Waals surface area (Å²) in [6.45, 7) is 5.49. The Kier molecular flexibility index (Phi) is 6.59. The van der Waals surface area contributed by atoms with Crippen LogP contribution in [0.1, 0.15) is 26.7 Å². The minimum Gasteiger partial charge on any atom is -0.466 e. The van der Waals surface area contributed by atoms with Crippen LogP contribution in [0.4, 0.5) is 5.69 Å². The molecule has 1 aliphatic heterocycles. The molecule has 2 rings (SSSR count). The van der Waals surface area contributed by atoms with Crippen LogP contribution in [0, 0.1) is 5.92 Å². The molecule has 5 nitrogen and oxygen atoms in total. The third-order valence-electron chi connectivity index (χ3n) is 4.11. The molecule has 0 aromatic heterocycles. The predicted octanol–water partition coefficient (Wildman–Crippen LogP) is 3.05. The van der Waals surface area contributed by atoms with Gasteiger partial charge in [-0.15, -0.1) is 0 Å². The van der Waals surface area contributed by atoms with Gasteiger partial charge in [-0.3, -0.25) is 14.5 Å². The molecule has 0 bridgehead atoms. The first-order chi connectivity index (χ1) is 11.0. The summed E-state index contributed by atoms with van der Waals surface area (Å²) in [6, 6.07) is 7.20. The summed E-state index contributed by atoms with van der Waals surface area (Å²) in [5.41, 5.74) is 0.768. The van der Waals surface area contributed by atoms with Crippen LogP contribution in [-0.2, 0) is 14.3 Å². The number of amides is 1. The lowest BCUT2D eigenvalue weighted by Gasteiger charge is -2.35. The van der Waals surface area contributed by atoms with E-state index >= 15 is 0 Å². The first-order valence-corrected chi connectivity index (χ1v) is 8.77. The lowest BCUT2D eigenvalue weighted by atomic mass is 9.97. The van der Waals surface area contributed by atoms with Gasteiger partial charge in [0.15, 0.2) is 0 Å². The van der Waals surface area contributed by atoms with Crippen LogP contribution < -0.4 is 5.32 Å². The summed E-state index contributed by atoms with van der Waals surface area (Å²) in [5.74, 6) is -0.346. The molecule has 2 atom stereocenters. The number of nitrogens with zero attached hydrogens (tertiary/aromatic N) is 1. The molecule has 1 heterocycles. The quantitative estimate of drug-likeness (QED) is 0.795. The van der Waals surface area contributed by atoms with Crippen molar-refractivity contribution in [3.63, 3.8) is 0 Å². The Hall–Kier alpha value is -1.40. The minimum absolute atomic E-state index is 0.0585. The van der Waals surface area contributed by atoms with Gasteiger partial charge in [0.1, 0.15) is 0 Å². The highest BCUT2D eigenvalue weighted by atomic mass is 79.9. The van der Waals surface area contributed by atoms with Crippen LogP contribution in [-0.4, -0.2) is 42.5 Å². The van der Waals surface area contributed by atoms with Gasteiger partial charge >= 0.3 is 5.97 Å². The van der Waals surface area contributed by atoms with Crippen molar-refractivity contribution in [2.45, 2.75) is 32.7 Å². The average molecular weight is 383 g/mol. The van der Waals surface area contributed by atoms with Gasteiger partial charge in [0.2, 0.25) is 5.91 Å². The van der Waals surface area contributed by atoms with Gasteiger partial charge in [-0.1, -0.05) is 15.9 Å². The van der Waals surface area contributed by atoms with Crippen LogP contribution in [0.2, 0.25) is 0 Å². The van der Waals surface area contributed by atoms with E-state index in [2.05, 4.69) is 26.1 Å². The fourth-order valence-corrected chi connectivity index (χ4v) is 3.02. The molecule has 0 aliphatic carbocycles. The van der Waals surface area contributed by atoms with Gasteiger partial charge in [-0.2, -0.15) is 0 Å². The molecule has 0 spiro atoms. The number of anilines is 1. The SMILES string of the molecule is CCOC(=O)[C@@H]1CCCN([C@H](C)C(=O)Nc2ccc(Br)cc2)C1. The first kappa shape index (κ1) is 17.9. The largest absolute Gasteiger partial charge is 0.466 e. The third-order valence-corrected chi connectivity index (χ3v) is 4.64. The van der Waals surface area contributed by atoms with Crippen molar-refractivity contribution in [1.82, 2.24) is 4.90 Å². The smallest absolute Gasteiger partial charge is 0.310 e. The summed E-state index contributed by atoms with van der Waals surface area (Å²) in [7, 11) is 0. The number of carbonyl (C=O) groups excluding carboxylic acids is 2. The molecule has 1 aromatic carbocycles. The number of halogens is 1. The Labute approximate surface area is 145 Å². The molecule has 1 fully saturated rings. The molecule has 1 aromatic rings. The van der Waals surface area contributed by atoms with E-state index in [4.69, 9.17) is 4.74 Å². The van der Waals surface area contributed by atoms with Gasteiger partial charge < -0.3 is 10.1 Å². The normalized spacial score (nSPS) is 19.9. The molecule has 1 N–H and O–H groups in total. The minimum atomic E-state index is -0.282. The van der Waals surface area contributed by atoms with Crippen molar-refractivity contribution >= 4 is 33.5 Å². The topological polar surface area (TPSA) is 58.6 Å². The summed E-state index contributed by atoms with van der Waals surface area (Å²) >= 11 is 3.37. The van der Waals surface area contributed by atoms with Crippen molar-refractivity contribution < 1.29 is 14.3 Å². The van der Waals surface area contributed by atoms with E-state index in [0.717, 1.165) is 29.5 Å². The molecule has 1 saturated heterocycles. The first-order valence-electron chi connectivity index (χ1n) is 7.98. The number of hydrogen-bond donors (Lipinski definition) is 1. The van der Waals surface area contributed by atoms with Gasteiger partial charge in [0.05, 0.1) is 18.6 Å². The average Bonchev–Trinajstić information content (AvgIpc) is 2.56. The zero-order chi connectivity index (χ0) is 16.8. The van der Waals surface area contributed by atoms with Crippen molar-refractivity contribution in [2.75, 3.05) is 25.0 Å². The van der Waals surface area contributed by atoms with E-state index in [1.165, 1.54) is 0 Å². The molecule has 23 heavy (non-hydrogen) atoms. The number of likely N-dealkylation sites (tertiary alicyclic amines) is 1. The summed E-state index contributed by atoms with van der Waals surface area (Å²) in [6.07, 6.45) is 1.73. The lowest BCUT2D eigenvalue weighted by molar-refractivity contribution is -0.150. The van der Waals surface area contributed by atoms with Crippen molar-refractivity contribution in [2.24, 2.45) is 5.92 Å². The second-order valence-electron chi connectivity index (χ2n) is 5.76. The van der Waals surface area contributed by atoms with Gasteiger partial charge in [-0.05, 0) is 57.5 Å². The number of piperidine rings is 1. The maximum Gasteiger partial charge on any atom is 0.310 e. The van der Waals surface area contributed by atoms with Crippen molar-refractivity contribution in [3.8, 4) is 0 Å². The number of rotatable bonds is 5. The number of hydrogen-bond acceptors (Lipinski definition) is 4. The number of carbonyl (C=O) groups is 2. The number of esters is 1. The Balaban J connectivity index is 1.93. The maximum absolute atomic E-state index is 12.4. The number of nitrogens with one attached hydrogen (secondary N) is 1. The molecule has 0 unspecified atom stereocenters. The summed E-state index contributed by atoms with van der Waals surface area (Å²) in [5, 5.41) is 2.92. The van der Waals surface area contributed by atoms with Gasteiger partial charge in [0.25, 0.3) is 0 Å². The third kappa shape index (κ3) is 5.04. The van der Waals surface area contributed by atoms with E-state index < -0.39 is 0 Å². The van der Waals surface area contributed by atoms with Crippen LogP contribution in [0.5, 0.6) is 0 Å². The molecule has 6 heteroatoms. The highest BCUT2D eigenvalue weighted by molar-refractivity contribution is 9.10. The lowest BCUT2D eigenvalue weighted by Crippen LogP contribution is -2.48. The predicted molar refractivity (Wildman–Crippen MR) is 93.2 cm³/mol. The molecule has 0 saturated carbocycles. The molecular weight excluding hydrogens is 360 g/mol. The fourth-order valence-electron chi connectivity index (χ4n) is 2.76. The Morgan fingerprint density at radius 2 is 2.09 bits per heavy atom. The second kappa shape index (κ2) is 8.45. The zero-order valence-corrected chi connectivity index (χ0v) is 15.1. The second-order valence-corrected chi connectivity index (χ2v) is 6.67. The fraction of sp³-hybridized carbons (Fsp3) is 0.529. The van der Waals surface area contributed by atoms with Crippen LogP contribution >= 0.6 is 15.9 Å². The van der Waals surface area contributed by atoms with Crippen LogP contribution in [0.25, 0.3) is 0 Å². The van der Waals surface area contributed by atoms with E-state index in [-0.39, 0.29) is 23.8 Å². The molecule has 0 radical (unpaired) electrons. The molecule has 126 valence electrons. The van der Waals surface area contributed by atoms with Gasteiger partial charge in [0, 0.05) is 16.7 Å². The zero-order valence-electron chi connectivity index (χ0n) is 13.5.